The Morgan fingerprint density at radius 3 is 2.43 bits per heavy atom. The van der Waals surface area contributed by atoms with Crippen LogP contribution in [0.2, 0.25) is 0 Å². The van der Waals surface area contributed by atoms with Crippen molar-refractivity contribution in [2.75, 3.05) is 5.32 Å². The van der Waals surface area contributed by atoms with E-state index in [2.05, 4.69) is 5.32 Å². The van der Waals surface area contributed by atoms with E-state index in [1.54, 1.807) is 0 Å². The van der Waals surface area contributed by atoms with Crippen LogP contribution in [0.1, 0.15) is 17.0 Å². The van der Waals surface area contributed by atoms with Gasteiger partial charge in [0.25, 0.3) is 0 Å². The predicted molar refractivity (Wildman–Crippen MR) is 73.5 cm³/mol. The van der Waals surface area contributed by atoms with Crippen LogP contribution in [0.4, 0.5) is 18.9 Å². The maximum Gasteiger partial charge on any atom is 0.228 e. The van der Waals surface area contributed by atoms with Gasteiger partial charge in [-0.05, 0) is 37.6 Å². The topological polar surface area (TPSA) is 34.0 Å². The second kappa shape index (κ2) is 5.63. The van der Waals surface area contributed by atoms with Crippen LogP contribution < -0.4 is 5.32 Å². The number of nitrogens with zero attached hydrogens (tertiary/aromatic N) is 1. The number of rotatable bonds is 3. The number of aromatic nitrogens is 1. The highest BCUT2D eigenvalue weighted by molar-refractivity contribution is 5.92. The van der Waals surface area contributed by atoms with E-state index in [0.717, 1.165) is 29.1 Å². The fourth-order valence-corrected chi connectivity index (χ4v) is 2.10. The van der Waals surface area contributed by atoms with Crippen molar-refractivity contribution < 1.29 is 18.0 Å². The molecule has 1 aromatic carbocycles. The van der Waals surface area contributed by atoms with Crippen LogP contribution in [0.5, 0.6) is 0 Å². The van der Waals surface area contributed by atoms with Crippen LogP contribution in [0.15, 0.2) is 18.2 Å². The molecule has 0 bridgehead atoms. The zero-order chi connectivity index (χ0) is 15.7. The summed E-state index contributed by atoms with van der Waals surface area (Å²) in [4.78, 5) is 11.9. The highest BCUT2D eigenvalue weighted by Crippen LogP contribution is 2.20. The molecule has 0 radical (unpaired) electrons. The van der Waals surface area contributed by atoms with Crippen LogP contribution >= 0.6 is 0 Å². The number of aryl methyl sites for hydroxylation is 1. The smallest absolute Gasteiger partial charge is 0.228 e. The molecule has 6 heteroatoms. The van der Waals surface area contributed by atoms with Crippen molar-refractivity contribution >= 4 is 11.6 Å². The first-order valence-electron chi connectivity index (χ1n) is 6.36. The monoisotopic (exact) mass is 296 g/mol. The highest BCUT2D eigenvalue weighted by Gasteiger charge is 2.16. The molecule has 1 amide bonds. The second-order valence-electron chi connectivity index (χ2n) is 4.90. The summed E-state index contributed by atoms with van der Waals surface area (Å²) in [6.45, 7) is 3.77. The van der Waals surface area contributed by atoms with Crippen LogP contribution in [0, 0.1) is 31.3 Å². The molecule has 0 fully saturated rings. The molecule has 0 unspecified atom stereocenters. The summed E-state index contributed by atoms with van der Waals surface area (Å²) in [7, 11) is 1.88. The number of nitrogens with one attached hydrogen (secondary N) is 1. The molecular weight excluding hydrogens is 281 g/mol. The molecule has 0 atom stereocenters. The van der Waals surface area contributed by atoms with Crippen molar-refractivity contribution in [3.63, 3.8) is 0 Å². The summed E-state index contributed by atoms with van der Waals surface area (Å²) in [5.41, 5.74) is 2.35. The minimum atomic E-state index is -1.60. The largest absolute Gasteiger partial charge is 0.352 e. The third kappa shape index (κ3) is 2.94. The van der Waals surface area contributed by atoms with Gasteiger partial charge < -0.3 is 9.88 Å². The molecule has 2 aromatic rings. The molecule has 0 aliphatic carbocycles. The standard InChI is InChI=1S/C15H15F3N2O/c1-8-6-10(9(2)20(8)3)7-13(21)19-12-5-4-11(16)14(17)15(12)18/h4-6H,7H2,1-3H3,(H,19,21). The quantitative estimate of drug-likeness (QED) is 0.867. The van der Waals surface area contributed by atoms with E-state index in [1.807, 2.05) is 31.5 Å². The molecule has 21 heavy (non-hydrogen) atoms. The van der Waals surface area contributed by atoms with Gasteiger partial charge in [0.2, 0.25) is 5.91 Å². The summed E-state index contributed by atoms with van der Waals surface area (Å²) in [5.74, 6) is -4.78. The van der Waals surface area contributed by atoms with E-state index in [9.17, 15) is 18.0 Å². The Kier molecular flexibility index (Phi) is 4.06. The molecule has 0 saturated carbocycles. The maximum absolute atomic E-state index is 13.5. The van der Waals surface area contributed by atoms with Crippen molar-refractivity contribution in [3.8, 4) is 0 Å². The van der Waals surface area contributed by atoms with E-state index in [-0.39, 0.29) is 12.1 Å². The fourth-order valence-electron chi connectivity index (χ4n) is 2.10. The SMILES string of the molecule is Cc1cc(CC(=O)Nc2ccc(F)c(F)c2F)c(C)n1C. The van der Waals surface area contributed by atoms with E-state index in [1.165, 1.54) is 0 Å². The molecule has 2 rings (SSSR count). The first kappa shape index (κ1) is 15.2. The molecule has 0 aliphatic rings. The van der Waals surface area contributed by atoms with Crippen LogP contribution in [0.3, 0.4) is 0 Å². The van der Waals surface area contributed by atoms with Gasteiger partial charge in [0.05, 0.1) is 12.1 Å². The Balaban J connectivity index is 2.16. The van der Waals surface area contributed by atoms with E-state index in [0.29, 0.717) is 0 Å². The minimum absolute atomic E-state index is 0.0337. The first-order chi connectivity index (χ1) is 9.81. The summed E-state index contributed by atoms with van der Waals surface area (Å²) < 4.78 is 41.3. The fraction of sp³-hybridized carbons (Fsp3) is 0.267. The van der Waals surface area contributed by atoms with Gasteiger partial charge in [-0.15, -0.1) is 0 Å². The third-order valence-corrected chi connectivity index (χ3v) is 3.54. The van der Waals surface area contributed by atoms with Gasteiger partial charge in [-0.3, -0.25) is 4.79 Å². The Morgan fingerprint density at radius 1 is 1.19 bits per heavy atom. The summed E-state index contributed by atoms with van der Waals surface area (Å²) >= 11 is 0. The van der Waals surface area contributed by atoms with Gasteiger partial charge in [-0.25, -0.2) is 13.2 Å². The Hall–Kier alpha value is -2.24. The zero-order valence-corrected chi connectivity index (χ0v) is 11.9. The third-order valence-electron chi connectivity index (χ3n) is 3.54. The zero-order valence-electron chi connectivity index (χ0n) is 11.9. The molecule has 0 aliphatic heterocycles. The molecule has 1 aromatic heterocycles. The van der Waals surface area contributed by atoms with Gasteiger partial charge in [0.15, 0.2) is 17.5 Å². The lowest BCUT2D eigenvalue weighted by Crippen LogP contribution is -2.16. The number of amides is 1. The van der Waals surface area contributed by atoms with E-state index >= 15 is 0 Å². The highest BCUT2D eigenvalue weighted by atomic mass is 19.2. The lowest BCUT2D eigenvalue weighted by Gasteiger charge is -2.07. The number of carbonyl (C=O) groups excluding carboxylic acids is 1. The van der Waals surface area contributed by atoms with Gasteiger partial charge >= 0.3 is 0 Å². The minimum Gasteiger partial charge on any atom is -0.352 e. The van der Waals surface area contributed by atoms with Gasteiger partial charge in [0.1, 0.15) is 0 Å². The number of hydrogen-bond donors (Lipinski definition) is 1. The van der Waals surface area contributed by atoms with Crippen molar-refractivity contribution in [1.82, 2.24) is 4.57 Å². The van der Waals surface area contributed by atoms with Crippen molar-refractivity contribution in [1.29, 1.82) is 0 Å². The summed E-state index contributed by atoms with van der Waals surface area (Å²) in [6.07, 6.45) is 0.0337. The summed E-state index contributed by atoms with van der Waals surface area (Å²) in [5, 5.41) is 2.25. The Morgan fingerprint density at radius 2 is 1.86 bits per heavy atom. The number of anilines is 1. The van der Waals surface area contributed by atoms with Gasteiger partial charge in [-0.1, -0.05) is 0 Å². The first-order valence-corrected chi connectivity index (χ1v) is 6.36. The van der Waals surface area contributed by atoms with E-state index in [4.69, 9.17) is 0 Å². The average Bonchev–Trinajstić information content (AvgIpc) is 2.67. The average molecular weight is 296 g/mol. The van der Waals surface area contributed by atoms with E-state index < -0.39 is 23.4 Å². The Labute approximate surface area is 120 Å². The number of carbonyl (C=O) groups is 1. The van der Waals surface area contributed by atoms with Crippen LogP contribution in [-0.4, -0.2) is 10.5 Å². The van der Waals surface area contributed by atoms with Crippen LogP contribution in [0.25, 0.3) is 0 Å². The predicted octanol–water partition coefficient (Wildman–Crippen LogP) is 3.24. The molecule has 112 valence electrons. The Bertz CT molecular complexity index is 707. The lowest BCUT2D eigenvalue weighted by atomic mass is 10.1. The molecule has 0 saturated heterocycles. The second-order valence-corrected chi connectivity index (χ2v) is 4.90. The molecule has 3 nitrogen and oxygen atoms in total. The number of hydrogen-bond acceptors (Lipinski definition) is 1. The molecule has 0 spiro atoms. The number of benzene rings is 1. The summed E-state index contributed by atoms with van der Waals surface area (Å²) in [6, 6.07) is 3.62. The van der Waals surface area contributed by atoms with Gasteiger partial charge in [-0.2, -0.15) is 0 Å². The van der Waals surface area contributed by atoms with Crippen molar-refractivity contribution in [2.24, 2.45) is 7.05 Å². The normalized spacial score (nSPS) is 10.8. The van der Waals surface area contributed by atoms with Crippen molar-refractivity contribution in [3.05, 3.63) is 52.6 Å². The van der Waals surface area contributed by atoms with Crippen molar-refractivity contribution in [2.45, 2.75) is 20.3 Å². The molecule has 1 N–H and O–H groups in total. The van der Waals surface area contributed by atoms with Gasteiger partial charge in [0, 0.05) is 18.4 Å². The maximum atomic E-state index is 13.5. The molecular formula is C15H15F3N2O. The van der Waals surface area contributed by atoms with Crippen LogP contribution in [-0.2, 0) is 18.3 Å². The number of halogens is 3. The molecule has 1 heterocycles. The lowest BCUT2D eigenvalue weighted by molar-refractivity contribution is -0.115.